The Kier molecular flexibility index (Phi) is 5.58. The van der Waals surface area contributed by atoms with E-state index in [0.29, 0.717) is 0 Å². The molecule has 0 aliphatic carbocycles. The molecule has 2 nitrogen and oxygen atoms in total. The van der Waals surface area contributed by atoms with Crippen LogP contribution in [0.5, 0.6) is 0 Å². The van der Waals surface area contributed by atoms with E-state index in [0.717, 1.165) is 5.56 Å². The van der Waals surface area contributed by atoms with Gasteiger partial charge in [-0.05, 0) is 24.6 Å². The van der Waals surface area contributed by atoms with Crippen molar-refractivity contribution >= 4 is 29.2 Å². The van der Waals surface area contributed by atoms with Crippen LogP contribution >= 0.6 is 23.2 Å². The lowest BCUT2D eigenvalue weighted by atomic mass is 10.1. The molecule has 0 radical (unpaired) electrons. The highest BCUT2D eigenvalue weighted by Crippen LogP contribution is 2.25. The predicted molar refractivity (Wildman–Crippen MR) is 59.5 cm³/mol. The van der Waals surface area contributed by atoms with Gasteiger partial charge in [-0.15, -0.1) is 0 Å². The predicted octanol–water partition coefficient (Wildman–Crippen LogP) is 4.03. The van der Waals surface area contributed by atoms with Crippen LogP contribution in [0.2, 0.25) is 10.0 Å². The quantitative estimate of drug-likeness (QED) is 0.797. The molecule has 0 aliphatic heterocycles. The molecule has 78 valence electrons. The number of carbonyl (C=O) groups is 1. The minimum absolute atomic E-state index is 0.0380. The number of hydrogen-bond donors (Lipinski definition) is 1. The van der Waals surface area contributed by atoms with Crippen molar-refractivity contribution in [3.05, 3.63) is 33.3 Å². The molecule has 0 spiro atoms. The van der Waals surface area contributed by atoms with Crippen molar-refractivity contribution < 1.29 is 9.90 Å². The number of carboxylic acid groups (broad SMARTS) is 1. The Morgan fingerprint density at radius 3 is 1.86 bits per heavy atom. The summed E-state index contributed by atoms with van der Waals surface area (Å²) >= 11 is 11.3. The summed E-state index contributed by atoms with van der Waals surface area (Å²) in [6.07, 6.45) is 0. The minimum Gasteiger partial charge on any atom is -0.478 e. The molecule has 4 heteroatoms. The Bertz CT molecular complexity index is 312. The number of aryl methyl sites for hydroxylation is 1. The van der Waals surface area contributed by atoms with Gasteiger partial charge in [-0.1, -0.05) is 37.0 Å². The Hall–Kier alpha value is -0.730. The van der Waals surface area contributed by atoms with E-state index in [9.17, 15) is 4.79 Å². The van der Waals surface area contributed by atoms with Crippen LogP contribution in [-0.4, -0.2) is 11.1 Å². The third-order valence-corrected chi connectivity index (χ3v) is 2.00. The maximum Gasteiger partial charge on any atom is 0.338 e. The van der Waals surface area contributed by atoms with Gasteiger partial charge in [0.15, 0.2) is 0 Å². The Morgan fingerprint density at radius 2 is 1.57 bits per heavy atom. The third kappa shape index (κ3) is 3.20. The molecule has 0 atom stereocenters. The summed E-state index contributed by atoms with van der Waals surface area (Å²) < 4.78 is 0. The number of halogens is 2. The first-order valence-electron chi connectivity index (χ1n) is 4.21. The van der Waals surface area contributed by atoms with Gasteiger partial charge < -0.3 is 5.11 Å². The highest BCUT2D eigenvalue weighted by Gasteiger charge is 2.13. The van der Waals surface area contributed by atoms with E-state index in [1.807, 2.05) is 13.8 Å². The summed E-state index contributed by atoms with van der Waals surface area (Å²) in [6.45, 7) is 5.80. The summed E-state index contributed by atoms with van der Waals surface area (Å²) in [7, 11) is 0. The molecule has 0 fully saturated rings. The summed E-state index contributed by atoms with van der Waals surface area (Å²) in [5.41, 5.74) is 0.805. The van der Waals surface area contributed by atoms with Crippen molar-refractivity contribution in [1.29, 1.82) is 0 Å². The SMILES string of the molecule is CC.Cc1cc(Cl)c(C(=O)O)c(Cl)c1. The van der Waals surface area contributed by atoms with Crippen LogP contribution < -0.4 is 0 Å². The topological polar surface area (TPSA) is 37.3 Å². The fraction of sp³-hybridized carbons (Fsp3) is 0.300. The van der Waals surface area contributed by atoms with Crippen LogP contribution in [0, 0.1) is 6.92 Å². The van der Waals surface area contributed by atoms with Crippen LogP contribution in [0.25, 0.3) is 0 Å². The molecule has 1 aromatic rings. The molecule has 0 aromatic heterocycles. The maximum atomic E-state index is 10.6. The average molecular weight is 235 g/mol. The van der Waals surface area contributed by atoms with Gasteiger partial charge >= 0.3 is 5.97 Å². The second kappa shape index (κ2) is 5.89. The molecular formula is C10H12Cl2O2. The molecule has 0 unspecified atom stereocenters. The molecule has 0 saturated carbocycles. The highest BCUT2D eigenvalue weighted by atomic mass is 35.5. The van der Waals surface area contributed by atoms with Gasteiger partial charge in [-0.3, -0.25) is 0 Å². The largest absolute Gasteiger partial charge is 0.478 e. The zero-order chi connectivity index (χ0) is 11.3. The van der Waals surface area contributed by atoms with E-state index < -0.39 is 5.97 Å². The molecule has 0 saturated heterocycles. The lowest BCUT2D eigenvalue weighted by Gasteiger charge is -2.02. The van der Waals surface area contributed by atoms with Gasteiger partial charge in [0.1, 0.15) is 0 Å². The molecule has 1 N–H and O–H groups in total. The van der Waals surface area contributed by atoms with Crippen molar-refractivity contribution in [1.82, 2.24) is 0 Å². The summed E-state index contributed by atoms with van der Waals surface area (Å²) in [6, 6.07) is 3.13. The standard InChI is InChI=1S/C8H6Cl2O2.C2H6/c1-4-2-5(9)7(8(11)12)6(10)3-4;1-2/h2-3H,1H3,(H,11,12);1-2H3. The molecule has 0 aliphatic rings. The zero-order valence-corrected chi connectivity index (χ0v) is 9.78. The normalized spacial score (nSPS) is 8.93. The number of hydrogen-bond acceptors (Lipinski definition) is 1. The van der Waals surface area contributed by atoms with Crippen LogP contribution in [0.1, 0.15) is 29.8 Å². The van der Waals surface area contributed by atoms with E-state index >= 15 is 0 Å². The number of rotatable bonds is 1. The Balaban J connectivity index is 0.000000791. The highest BCUT2D eigenvalue weighted by molar-refractivity contribution is 6.39. The number of carboxylic acids is 1. The van der Waals surface area contributed by atoms with E-state index in [-0.39, 0.29) is 15.6 Å². The van der Waals surface area contributed by atoms with Crippen LogP contribution in [0.4, 0.5) is 0 Å². The minimum atomic E-state index is -1.11. The van der Waals surface area contributed by atoms with Gasteiger partial charge in [0.25, 0.3) is 0 Å². The molecule has 0 bridgehead atoms. The van der Waals surface area contributed by atoms with Gasteiger partial charge in [0, 0.05) is 0 Å². The molecule has 14 heavy (non-hydrogen) atoms. The van der Waals surface area contributed by atoms with Crippen molar-refractivity contribution in [3.8, 4) is 0 Å². The molecule has 0 heterocycles. The summed E-state index contributed by atoms with van der Waals surface area (Å²) in [5.74, 6) is -1.11. The van der Waals surface area contributed by atoms with Crippen molar-refractivity contribution in [3.63, 3.8) is 0 Å². The first-order chi connectivity index (χ1) is 6.52. The van der Waals surface area contributed by atoms with Crippen molar-refractivity contribution in [2.75, 3.05) is 0 Å². The Labute approximate surface area is 93.5 Å². The average Bonchev–Trinajstić information content (AvgIpc) is 2.04. The van der Waals surface area contributed by atoms with E-state index in [2.05, 4.69) is 0 Å². The van der Waals surface area contributed by atoms with Crippen molar-refractivity contribution in [2.24, 2.45) is 0 Å². The molecular weight excluding hydrogens is 223 g/mol. The number of aromatic carboxylic acids is 1. The lowest BCUT2D eigenvalue weighted by Crippen LogP contribution is -1.98. The molecule has 1 rings (SSSR count). The smallest absolute Gasteiger partial charge is 0.338 e. The van der Waals surface area contributed by atoms with Gasteiger partial charge in [0.05, 0.1) is 15.6 Å². The summed E-state index contributed by atoms with van der Waals surface area (Å²) in [5, 5.41) is 9.02. The van der Waals surface area contributed by atoms with Crippen LogP contribution in [0.3, 0.4) is 0 Å². The zero-order valence-electron chi connectivity index (χ0n) is 8.27. The molecule has 0 amide bonds. The maximum absolute atomic E-state index is 10.6. The van der Waals surface area contributed by atoms with E-state index in [4.69, 9.17) is 28.3 Å². The monoisotopic (exact) mass is 234 g/mol. The van der Waals surface area contributed by atoms with Crippen LogP contribution in [0.15, 0.2) is 12.1 Å². The van der Waals surface area contributed by atoms with Gasteiger partial charge in [0.2, 0.25) is 0 Å². The third-order valence-electron chi connectivity index (χ3n) is 1.40. The van der Waals surface area contributed by atoms with Gasteiger partial charge in [-0.2, -0.15) is 0 Å². The van der Waals surface area contributed by atoms with Crippen LogP contribution in [-0.2, 0) is 0 Å². The van der Waals surface area contributed by atoms with Crippen molar-refractivity contribution in [2.45, 2.75) is 20.8 Å². The first kappa shape index (κ1) is 13.3. The number of benzene rings is 1. The lowest BCUT2D eigenvalue weighted by molar-refractivity contribution is 0.0697. The summed E-state index contributed by atoms with van der Waals surface area (Å²) in [4.78, 5) is 10.6. The van der Waals surface area contributed by atoms with Gasteiger partial charge in [-0.25, -0.2) is 4.79 Å². The van der Waals surface area contributed by atoms with E-state index in [1.54, 1.807) is 19.1 Å². The fourth-order valence-electron chi connectivity index (χ4n) is 0.904. The second-order valence-corrected chi connectivity index (χ2v) is 3.22. The van der Waals surface area contributed by atoms with E-state index in [1.165, 1.54) is 0 Å². The Morgan fingerprint density at radius 1 is 1.21 bits per heavy atom. The first-order valence-corrected chi connectivity index (χ1v) is 4.97. The fourth-order valence-corrected chi connectivity index (χ4v) is 1.66. The molecule has 1 aromatic carbocycles. The second-order valence-electron chi connectivity index (χ2n) is 2.41.